The molecule has 0 spiro atoms. The smallest absolute Gasteiger partial charge is 0.188 e. The highest BCUT2D eigenvalue weighted by Crippen LogP contribution is 1.98. The molecule has 0 heterocycles. The van der Waals surface area contributed by atoms with Crippen LogP contribution in [0.2, 0.25) is 0 Å². The number of hydrogen-bond donors (Lipinski definition) is 2. The van der Waals surface area contributed by atoms with Crippen LogP contribution in [0.15, 0.2) is 4.99 Å². The van der Waals surface area contributed by atoms with Gasteiger partial charge >= 0.3 is 0 Å². The quantitative estimate of drug-likeness (QED) is 0.559. The first-order valence-corrected chi connectivity index (χ1v) is 6.35. The summed E-state index contributed by atoms with van der Waals surface area (Å²) in [5.41, 5.74) is 5.80. The summed E-state index contributed by atoms with van der Waals surface area (Å²) in [7, 11) is 0. The van der Waals surface area contributed by atoms with Gasteiger partial charge in [-0.25, -0.2) is 0 Å². The van der Waals surface area contributed by atoms with Crippen molar-refractivity contribution >= 4 is 22.9 Å². The van der Waals surface area contributed by atoms with Gasteiger partial charge in [0.15, 0.2) is 5.96 Å². The van der Waals surface area contributed by atoms with E-state index in [0.29, 0.717) is 18.0 Å². The number of nitrogens with zero attached hydrogens (tertiary/aromatic N) is 2. The van der Waals surface area contributed by atoms with E-state index in [1.165, 1.54) is 0 Å². The monoisotopic (exact) mass is 308 g/mol. The Hall–Kier alpha value is -0.290. The fourth-order valence-corrected chi connectivity index (χ4v) is 1.59. The molecule has 0 saturated carbocycles. The van der Waals surface area contributed by atoms with E-state index in [-0.39, 0.29) is 17.0 Å². The van der Waals surface area contributed by atoms with Crippen molar-refractivity contribution in [2.24, 2.45) is 10.7 Å². The Morgan fingerprint density at radius 3 is 2.18 bits per heavy atom. The van der Waals surface area contributed by atoms with Gasteiger partial charge in [-0.05, 0) is 33.4 Å². The van der Waals surface area contributed by atoms with Gasteiger partial charge in [0.05, 0.1) is 6.54 Å². The molecule has 0 radical (unpaired) electrons. The lowest BCUT2D eigenvalue weighted by atomic mass is 10.2. The molecule has 4 nitrogen and oxygen atoms in total. The van der Waals surface area contributed by atoms with Crippen LogP contribution in [-0.4, -0.2) is 42.6 Å². The molecule has 2 atom stereocenters. The van der Waals surface area contributed by atoms with E-state index in [9.17, 15) is 0 Å². The second-order valence-electron chi connectivity index (χ2n) is 4.25. The molecule has 0 bridgehead atoms. The van der Waals surface area contributed by atoms with Crippen molar-refractivity contribution in [1.82, 2.24) is 10.2 Å². The number of guanidine groups is 1. The van der Waals surface area contributed by atoms with Gasteiger partial charge in [0, 0.05) is 12.1 Å². The molecule has 0 amide bonds. The van der Waals surface area contributed by atoms with E-state index >= 15 is 0 Å². The lowest BCUT2D eigenvalue weighted by Gasteiger charge is -2.25. The molecule has 0 aromatic heterocycles. The molecule has 2 unspecified atom stereocenters. The highest BCUT2D eigenvalue weighted by atomic mass is 79.9. The summed E-state index contributed by atoms with van der Waals surface area (Å²) < 4.78 is 0. The molecule has 17 heavy (non-hydrogen) atoms. The molecule has 0 aromatic rings. The lowest BCUT2D eigenvalue weighted by Crippen LogP contribution is -2.40. The summed E-state index contributed by atoms with van der Waals surface area (Å²) >= 11 is 0. The Labute approximate surface area is 117 Å². The maximum Gasteiger partial charge on any atom is 0.188 e. The molecule has 0 rings (SSSR count). The SMILES string of the molecule is Br.CCC(C)NC(N)=NCC(C)N(CC)CC. The second kappa shape index (κ2) is 10.8. The van der Waals surface area contributed by atoms with Crippen LogP contribution in [0.3, 0.4) is 0 Å². The minimum atomic E-state index is 0. The Kier molecular flexibility index (Phi) is 12.2. The predicted molar refractivity (Wildman–Crippen MR) is 82.1 cm³/mol. The van der Waals surface area contributed by atoms with Crippen LogP contribution >= 0.6 is 17.0 Å². The highest BCUT2D eigenvalue weighted by molar-refractivity contribution is 8.93. The first-order chi connectivity index (χ1) is 7.54. The summed E-state index contributed by atoms with van der Waals surface area (Å²) in [5, 5.41) is 3.17. The number of nitrogens with one attached hydrogen (secondary N) is 1. The molecule has 0 fully saturated rings. The zero-order chi connectivity index (χ0) is 12.6. The van der Waals surface area contributed by atoms with Gasteiger partial charge in [0.25, 0.3) is 0 Å². The minimum absolute atomic E-state index is 0. The zero-order valence-electron chi connectivity index (χ0n) is 11.9. The summed E-state index contributed by atoms with van der Waals surface area (Å²) in [6.45, 7) is 13.6. The molecule has 5 heteroatoms. The fourth-order valence-electron chi connectivity index (χ4n) is 1.59. The maximum absolute atomic E-state index is 5.80. The normalized spacial score (nSPS) is 15.3. The van der Waals surface area contributed by atoms with Crippen LogP contribution in [0, 0.1) is 0 Å². The van der Waals surface area contributed by atoms with Crippen LogP contribution < -0.4 is 11.1 Å². The van der Waals surface area contributed by atoms with Crippen LogP contribution in [0.1, 0.15) is 41.0 Å². The van der Waals surface area contributed by atoms with Crippen molar-refractivity contribution < 1.29 is 0 Å². The van der Waals surface area contributed by atoms with Crippen molar-refractivity contribution in [3.63, 3.8) is 0 Å². The number of aliphatic imine (C=N–C) groups is 1. The van der Waals surface area contributed by atoms with Crippen LogP contribution in [-0.2, 0) is 0 Å². The molecule has 0 aromatic carbocycles. The molecule has 0 aliphatic rings. The third kappa shape index (κ3) is 8.44. The third-order valence-electron chi connectivity index (χ3n) is 2.97. The van der Waals surface area contributed by atoms with Gasteiger partial charge in [0.2, 0.25) is 0 Å². The molecule has 104 valence electrons. The Morgan fingerprint density at radius 2 is 1.76 bits per heavy atom. The van der Waals surface area contributed by atoms with E-state index < -0.39 is 0 Å². The summed E-state index contributed by atoms with van der Waals surface area (Å²) in [5.74, 6) is 0.563. The summed E-state index contributed by atoms with van der Waals surface area (Å²) in [6, 6.07) is 0.847. The largest absolute Gasteiger partial charge is 0.370 e. The Bertz CT molecular complexity index is 205. The number of likely N-dealkylation sites (N-methyl/N-ethyl adjacent to an activating group) is 1. The maximum atomic E-state index is 5.80. The fraction of sp³-hybridized carbons (Fsp3) is 0.917. The number of halogens is 1. The van der Waals surface area contributed by atoms with Gasteiger partial charge in [-0.1, -0.05) is 20.8 Å². The third-order valence-corrected chi connectivity index (χ3v) is 2.97. The first-order valence-electron chi connectivity index (χ1n) is 6.35. The summed E-state index contributed by atoms with van der Waals surface area (Å²) in [6.07, 6.45) is 1.06. The van der Waals surface area contributed by atoms with Crippen LogP contribution in [0.25, 0.3) is 0 Å². The second-order valence-corrected chi connectivity index (χ2v) is 4.25. The van der Waals surface area contributed by atoms with Crippen molar-refractivity contribution in [3.8, 4) is 0 Å². The van der Waals surface area contributed by atoms with Crippen molar-refractivity contribution in [3.05, 3.63) is 0 Å². The number of nitrogens with two attached hydrogens (primary N) is 1. The summed E-state index contributed by atoms with van der Waals surface area (Å²) in [4.78, 5) is 6.75. The standard InChI is InChI=1S/C12H28N4.BrH/c1-6-10(4)15-12(13)14-9-11(5)16(7-2)8-3;/h10-11H,6-9H2,1-5H3,(H3,13,14,15);1H. The highest BCUT2D eigenvalue weighted by Gasteiger charge is 2.09. The van der Waals surface area contributed by atoms with Crippen LogP contribution in [0.5, 0.6) is 0 Å². The van der Waals surface area contributed by atoms with E-state index in [4.69, 9.17) is 5.73 Å². The average Bonchev–Trinajstić information content (AvgIpc) is 2.27. The zero-order valence-corrected chi connectivity index (χ0v) is 13.6. The Balaban J connectivity index is 0. The predicted octanol–water partition coefficient (Wildman–Crippen LogP) is 2.00. The van der Waals surface area contributed by atoms with E-state index in [1.54, 1.807) is 0 Å². The number of rotatable bonds is 7. The molecule has 0 saturated heterocycles. The van der Waals surface area contributed by atoms with Crippen molar-refractivity contribution in [1.29, 1.82) is 0 Å². The van der Waals surface area contributed by atoms with Gasteiger partial charge < -0.3 is 11.1 Å². The average molecular weight is 309 g/mol. The van der Waals surface area contributed by atoms with E-state index in [1.807, 2.05) is 0 Å². The minimum Gasteiger partial charge on any atom is -0.370 e. The number of hydrogen-bond acceptors (Lipinski definition) is 2. The Morgan fingerprint density at radius 1 is 1.24 bits per heavy atom. The molecule has 3 N–H and O–H groups in total. The lowest BCUT2D eigenvalue weighted by molar-refractivity contribution is 0.237. The first kappa shape index (κ1) is 19.1. The van der Waals surface area contributed by atoms with Crippen molar-refractivity contribution in [2.45, 2.75) is 53.1 Å². The van der Waals surface area contributed by atoms with E-state index in [0.717, 1.165) is 26.1 Å². The molecule has 0 aliphatic carbocycles. The molecule has 0 aliphatic heterocycles. The molecular formula is C12H29BrN4. The van der Waals surface area contributed by atoms with Gasteiger partial charge in [-0.2, -0.15) is 0 Å². The van der Waals surface area contributed by atoms with Gasteiger partial charge in [-0.3, -0.25) is 9.89 Å². The van der Waals surface area contributed by atoms with Gasteiger partial charge in [-0.15, -0.1) is 17.0 Å². The van der Waals surface area contributed by atoms with Crippen LogP contribution in [0.4, 0.5) is 0 Å². The van der Waals surface area contributed by atoms with Crippen molar-refractivity contribution in [2.75, 3.05) is 19.6 Å². The van der Waals surface area contributed by atoms with Gasteiger partial charge in [0.1, 0.15) is 0 Å². The van der Waals surface area contributed by atoms with E-state index in [2.05, 4.69) is 49.8 Å². The topological polar surface area (TPSA) is 53.6 Å². The molecular weight excluding hydrogens is 280 g/mol.